The van der Waals surface area contributed by atoms with Crippen molar-refractivity contribution in [2.75, 3.05) is 19.1 Å². The van der Waals surface area contributed by atoms with Crippen molar-refractivity contribution in [3.63, 3.8) is 0 Å². The lowest BCUT2D eigenvalue weighted by Gasteiger charge is -2.11. The minimum Gasteiger partial charge on any atom is -0.493 e. The molecule has 0 aliphatic carbocycles. The van der Waals surface area contributed by atoms with Gasteiger partial charge in [0, 0.05) is 10.9 Å². The van der Waals surface area contributed by atoms with Crippen molar-refractivity contribution in [2.45, 2.75) is 6.92 Å². The van der Waals surface area contributed by atoms with E-state index in [-0.39, 0.29) is 16.9 Å². The normalized spacial score (nSPS) is 13.1. The Kier molecular flexibility index (Phi) is 4.16. The molecule has 2 heterocycles. The second-order valence-corrected chi connectivity index (χ2v) is 6.89. The molecule has 2 amide bonds. The summed E-state index contributed by atoms with van der Waals surface area (Å²) < 4.78 is 10.6. The van der Waals surface area contributed by atoms with E-state index in [1.807, 2.05) is 36.6 Å². The van der Waals surface area contributed by atoms with Gasteiger partial charge in [-0.1, -0.05) is 29.8 Å². The number of carbonyl (C=O) groups excluding carboxylic acids is 2. The summed E-state index contributed by atoms with van der Waals surface area (Å²) in [6.07, 6.45) is 0. The van der Waals surface area contributed by atoms with E-state index in [0.29, 0.717) is 10.9 Å². The molecule has 4 rings (SSSR count). The van der Waals surface area contributed by atoms with Gasteiger partial charge in [-0.25, -0.2) is 9.88 Å². The van der Waals surface area contributed by atoms with Crippen molar-refractivity contribution in [2.24, 2.45) is 0 Å². The number of hydrogen-bond donors (Lipinski definition) is 0. The summed E-state index contributed by atoms with van der Waals surface area (Å²) in [4.78, 5) is 31.4. The topological polar surface area (TPSA) is 68.7 Å². The van der Waals surface area contributed by atoms with E-state index in [9.17, 15) is 9.59 Å². The quantitative estimate of drug-likeness (QED) is 0.642. The summed E-state index contributed by atoms with van der Waals surface area (Å²) in [7, 11) is 2.93. The Hall–Kier alpha value is -3.19. The van der Waals surface area contributed by atoms with Crippen LogP contribution >= 0.6 is 11.3 Å². The number of aryl methyl sites for hydroxylation is 1. The Labute approximate surface area is 160 Å². The lowest BCUT2D eigenvalue weighted by Crippen LogP contribution is -2.29. The van der Waals surface area contributed by atoms with Gasteiger partial charge in [-0.2, -0.15) is 0 Å². The van der Waals surface area contributed by atoms with Crippen molar-refractivity contribution in [1.82, 2.24) is 4.98 Å². The van der Waals surface area contributed by atoms with Crippen LogP contribution in [0.2, 0.25) is 0 Å². The molecule has 27 heavy (non-hydrogen) atoms. The number of amides is 2. The molecule has 0 saturated heterocycles. The van der Waals surface area contributed by atoms with E-state index in [1.165, 1.54) is 25.6 Å². The maximum Gasteiger partial charge on any atom is 0.271 e. The Morgan fingerprint density at radius 3 is 2.37 bits per heavy atom. The number of rotatable bonds is 4. The second kappa shape index (κ2) is 6.51. The fraction of sp³-hybridized carbons (Fsp3) is 0.150. The molecule has 1 aliphatic heterocycles. The van der Waals surface area contributed by atoms with Crippen molar-refractivity contribution < 1.29 is 19.1 Å². The van der Waals surface area contributed by atoms with Crippen molar-refractivity contribution >= 4 is 28.3 Å². The standard InChI is InChI=1S/C20H16N2O4S/c1-11-4-6-12(7-5-11)14-10-27-20(21-14)22-18(23)13-8-9-15(25-2)17(26-3)16(13)19(22)24/h4-10H,1-3H3. The van der Waals surface area contributed by atoms with Gasteiger partial charge in [-0.05, 0) is 19.1 Å². The number of carbonyl (C=O) groups is 2. The van der Waals surface area contributed by atoms with Gasteiger partial charge in [0.05, 0.1) is 31.0 Å². The molecule has 0 radical (unpaired) electrons. The molecule has 0 saturated carbocycles. The average Bonchev–Trinajstić information content (AvgIpc) is 3.25. The van der Waals surface area contributed by atoms with Gasteiger partial charge in [0.1, 0.15) is 0 Å². The van der Waals surface area contributed by atoms with Crippen molar-refractivity contribution in [1.29, 1.82) is 0 Å². The Bertz CT molecular complexity index is 1060. The van der Waals surface area contributed by atoms with Crippen LogP contribution in [-0.4, -0.2) is 31.0 Å². The molecule has 0 atom stereocenters. The molecule has 0 spiro atoms. The van der Waals surface area contributed by atoms with E-state index in [4.69, 9.17) is 9.47 Å². The van der Waals surface area contributed by atoms with Crippen molar-refractivity contribution in [3.8, 4) is 22.8 Å². The molecule has 0 unspecified atom stereocenters. The predicted molar refractivity (Wildman–Crippen MR) is 103 cm³/mol. The molecule has 6 nitrogen and oxygen atoms in total. The first kappa shape index (κ1) is 17.2. The third kappa shape index (κ3) is 2.67. The van der Waals surface area contributed by atoms with E-state index in [0.717, 1.165) is 21.7 Å². The minimum atomic E-state index is -0.462. The zero-order valence-electron chi connectivity index (χ0n) is 15.0. The monoisotopic (exact) mass is 380 g/mol. The van der Waals surface area contributed by atoms with Crippen LogP contribution in [0.25, 0.3) is 11.3 Å². The summed E-state index contributed by atoms with van der Waals surface area (Å²) in [6.45, 7) is 2.01. The second-order valence-electron chi connectivity index (χ2n) is 6.05. The molecular formula is C20H16N2O4S. The number of methoxy groups -OCH3 is 2. The summed E-state index contributed by atoms with van der Waals surface area (Å²) >= 11 is 1.25. The van der Waals surface area contributed by atoms with Crippen LogP contribution < -0.4 is 14.4 Å². The molecule has 7 heteroatoms. The first-order valence-corrected chi connectivity index (χ1v) is 9.09. The maximum atomic E-state index is 13.0. The van der Waals surface area contributed by atoms with Gasteiger partial charge in [0.25, 0.3) is 11.8 Å². The van der Waals surface area contributed by atoms with Gasteiger partial charge < -0.3 is 9.47 Å². The zero-order valence-corrected chi connectivity index (χ0v) is 15.8. The van der Waals surface area contributed by atoms with Crippen LogP contribution in [0, 0.1) is 6.92 Å². The zero-order chi connectivity index (χ0) is 19.1. The number of nitrogens with zero attached hydrogens (tertiary/aromatic N) is 2. The molecule has 0 fully saturated rings. The number of hydrogen-bond acceptors (Lipinski definition) is 6. The van der Waals surface area contributed by atoms with Gasteiger partial charge in [0.15, 0.2) is 16.6 Å². The SMILES string of the molecule is COc1ccc2c(c1OC)C(=O)N(c1nc(-c3ccc(C)cc3)cs1)C2=O. The van der Waals surface area contributed by atoms with Gasteiger partial charge in [-0.15, -0.1) is 11.3 Å². The summed E-state index contributed by atoms with van der Waals surface area (Å²) in [5.41, 5.74) is 3.28. The number of ether oxygens (including phenoxy) is 2. The molecule has 1 aromatic heterocycles. The van der Waals surface area contributed by atoms with Crippen LogP contribution in [0.4, 0.5) is 5.13 Å². The number of fused-ring (bicyclic) bond motifs is 1. The molecule has 2 aromatic carbocycles. The molecule has 1 aliphatic rings. The van der Waals surface area contributed by atoms with Gasteiger partial charge in [-0.3, -0.25) is 9.59 Å². The molecule has 0 bridgehead atoms. The molecule has 0 N–H and O–H groups in total. The van der Waals surface area contributed by atoms with E-state index in [1.54, 1.807) is 12.1 Å². The lowest BCUT2D eigenvalue weighted by atomic mass is 10.1. The number of anilines is 1. The number of benzene rings is 2. The van der Waals surface area contributed by atoms with Crippen LogP contribution in [0.15, 0.2) is 41.8 Å². The number of aromatic nitrogens is 1. The third-order valence-corrected chi connectivity index (χ3v) is 5.25. The summed E-state index contributed by atoms with van der Waals surface area (Å²) in [5.74, 6) is -0.221. The smallest absolute Gasteiger partial charge is 0.271 e. The highest BCUT2D eigenvalue weighted by Gasteiger charge is 2.41. The van der Waals surface area contributed by atoms with E-state index in [2.05, 4.69) is 4.98 Å². The average molecular weight is 380 g/mol. The van der Waals surface area contributed by atoms with Gasteiger partial charge >= 0.3 is 0 Å². The minimum absolute atomic E-state index is 0.203. The van der Waals surface area contributed by atoms with Crippen LogP contribution in [0.1, 0.15) is 26.3 Å². The third-order valence-electron chi connectivity index (χ3n) is 4.43. The molecular weight excluding hydrogens is 364 g/mol. The van der Waals surface area contributed by atoms with Crippen LogP contribution in [0.5, 0.6) is 11.5 Å². The Morgan fingerprint density at radius 2 is 1.70 bits per heavy atom. The lowest BCUT2D eigenvalue weighted by molar-refractivity contribution is 0.0925. The van der Waals surface area contributed by atoms with Crippen LogP contribution in [-0.2, 0) is 0 Å². The highest BCUT2D eigenvalue weighted by Crippen LogP contribution is 2.41. The first-order valence-electron chi connectivity index (χ1n) is 8.21. The predicted octanol–water partition coefficient (Wildman–Crippen LogP) is 3.94. The van der Waals surface area contributed by atoms with E-state index < -0.39 is 11.8 Å². The number of imide groups is 1. The Balaban J connectivity index is 1.75. The highest BCUT2D eigenvalue weighted by atomic mass is 32.1. The maximum absolute atomic E-state index is 13.0. The van der Waals surface area contributed by atoms with E-state index >= 15 is 0 Å². The fourth-order valence-electron chi connectivity index (χ4n) is 3.04. The van der Waals surface area contributed by atoms with Crippen molar-refractivity contribution in [3.05, 3.63) is 58.5 Å². The highest BCUT2D eigenvalue weighted by molar-refractivity contribution is 7.14. The summed E-state index contributed by atoms with van der Waals surface area (Å²) in [6, 6.07) is 11.1. The van der Waals surface area contributed by atoms with Gasteiger partial charge in [0.2, 0.25) is 0 Å². The number of thiazole rings is 1. The molecule has 3 aromatic rings. The molecule has 136 valence electrons. The Morgan fingerprint density at radius 1 is 0.963 bits per heavy atom. The van der Waals surface area contributed by atoms with Crippen LogP contribution in [0.3, 0.4) is 0 Å². The largest absolute Gasteiger partial charge is 0.493 e. The first-order chi connectivity index (χ1) is 13.0. The fourth-order valence-corrected chi connectivity index (χ4v) is 3.87. The summed E-state index contributed by atoms with van der Waals surface area (Å²) in [5, 5.41) is 2.17.